The van der Waals surface area contributed by atoms with E-state index in [-0.39, 0.29) is 36.1 Å². The Bertz CT molecular complexity index is 1330. The van der Waals surface area contributed by atoms with Crippen LogP contribution in [0.4, 0.5) is 5.69 Å². The van der Waals surface area contributed by atoms with Gasteiger partial charge in [0, 0.05) is 47.9 Å². The van der Waals surface area contributed by atoms with Gasteiger partial charge in [-0.05, 0) is 73.9 Å². The van der Waals surface area contributed by atoms with Gasteiger partial charge in [0.05, 0.1) is 24.2 Å². The van der Waals surface area contributed by atoms with Crippen molar-refractivity contribution < 1.29 is 29.0 Å². The van der Waals surface area contributed by atoms with Crippen LogP contribution in [0.3, 0.4) is 0 Å². The van der Waals surface area contributed by atoms with Gasteiger partial charge in [-0.2, -0.15) is 5.26 Å². The van der Waals surface area contributed by atoms with Crippen LogP contribution in [-0.4, -0.2) is 48.8 Å². The normalized spacial score (nSPS) is 23.7. The van der Waals surface area contributed by atoms with Gasteiger partial charge in [-0.1, -0.05) is 13.0 Å². The molecule has 9 heteroatoms. The summed E-state index contributed by atoms with van der Waals surface area (Å²) in [7, 11) is 0. The van der Waals surface area contributed by atoms with Gasteiger partial charge in [-0.25, -0.2) is 0 Å². The average Bonchev–Trinajstić information content (AvgIpc) is 3.52. The van der Waals surface area contributed by atoms with Crippen LogP contribution < -0.4 is 15.4 Å². The lowest BCUT2D eigenvalue weighted by molar-refractivity contribution is -0.137. The molecule has 39 heavy (non-hydrogen) atoms. The summed E-state index contributed by atoms with van der Waals surface area (Å²) in [6.07, 6.45) is 3.16. The first-order valence-corrected chi connectivity index (χ1v) is 13.5. The minimum atomic E-state index is -0.873. The van der Waals surface area contributed by atoms with Gasteiger partial charge in [0.1, 0.15) is 5.75 Å². The number of benzene rings is 2. The fourth-order valence-corrected chi connectivity index (χ4v) is 6.24. The van der Waals surface area contributed by atoms with Crippen molar-refractivity contribution in [1.82, 2.24) is 5.32 Å². The van der Waals surface area contributed by atoms with Crippen LogP contribution in [0.1, 0.15) is 66.1 Å². The van der Waals surface area contributed by atoms with E-state index in [0.717, 1.165) is 24.0 Å². The standard InChI is InChI=1S/C30H33N3O6/c1-18-27(29(37)33-24-15-19(17-31)5-6-20(24)3-2-4-26(34)35)30(18)11-14-39-25-8-7-21(16-23(25)30)28(36)32-22-9-12-38-13-10-22/h5-8,15-16,18,22,27H,2-4,9-14H2,1H3,(H,32,36)(H,33,37)(H,34,35)/t18?,27?,30-/m0/s1. The lowest BCUT2D eigenvalue weighted by atomic mass is 9.85. The SMILES string of the molecule is CC1C(C(=O)Nc2cc(C#N)ccc2CCCC(=O)O)[C@@]12CCOc1ccc(C(=O)NC3CCOCC3)cc12. The second-order valence-corrected chi connectivity index (χ2v) is 10.7. The van der Waals surface area contributed by atoms with Crippen LogP contribution in [0.25, 0.3) is 0 Å². The number of carbonyl (C=O) groups is 3. The van der Waals surface area contributed by atoms with E-state index < -0.39 is 11.4 Å². The molecule has 204 valence electrons. The van der Waals surface area contributed by atoms with Crippen LogP contribution in [0, 0.1) is 23.2 Å². The topological polar surface area (TPSA) is 138 Å². The Morgan fingerprint density at radius 1 is 1.13 bits per heavy atom. The predicted octanol–water partition coefficient (Wildman–Crippen LogP) is 3.80. The molecule has 2 aromatic rings. The van der Waals surface area contributed by atoms with Crippen molar-refractivity contribution >= 4 is 23.5 Å². The van der Waals surface area contributed by atoms with Crippen LogP contribution in [0.5, 0.6) is 5.75 Å². The summed E-state index contributed by atoms with van der Waals surface area (Å²) in [6, 6.07) is 12.7. The Balaban J connectivity index is 1.36. The highest BCUT2D eigenvalue weighted by Crippen LogP contribution is 2.65. The van der Waals surface area contributed by atoms with E-state index in [4.69, 9.17) is 14.6 Å². The summed E-state index contributed by atoms with van der Waals surface area (Å²) in [5, 5.41) is 24.5. The highest BCUT2D eigenvalue weighted by atomic mass is 16.5. The molecular weight excluding hydrogens is 498 g/mol. The molecule has 1 aliphatic carbocycles. The maximum absolute atomic E-state index is 13.7. The van der Waals surface area contributed by atoms with Crippen molar-refractivity contribution in [2.24, 2.45) is 11.8 Å². The molecule has 5 rings (SSSR count). The Kier molecular flexibility index (Phi) is 7.58. The first-order chi connectivity index (χ1) is 18.8. The lowest BCUT2D eigenvalue weighted by Gasteiger charge is -2.28. The van der Waals surface area contributed by atoms with E-state index in [0.29, 0.717) is 61.6 Å². The van der Waals surface area contributed by atoms with Gasteiger partial charge in [0.25, 0.3) is 5.91 Å². The van der Waals surface area contributed by atoms with Gasteiger partial charge in [0.15, 0.2) is 0 Å². The fourth-order valence-electron chi connectivity index (χ4n) is 6.24. The Morgan fingerprint density at radius 2 is 1.92 bits per heavy atom. The number of nitrogens with one attached hydrogen (secondary N) is 2. The van der Waals surface area contributed by atoms with Crippen molar-refractivity contribution in [3.63, 3.8) is 0 Å². The molecule has 9 nitrogen and oxygen atoms in total. The number of nitrogens with zero attached hydrogens (tertiary/aromatic N) is 1. The number of rotatable bonds is 8. The maximum Gasteiger partial charge on any atom is 0.303 e. The first-order valence-electron chi connectivity index (χ1n) is 13.5. The van der Waals surface area contributed by atoms with E-state index >= 15 is 0 Å². The van der Waals surface area contributed by atoms with Crippen LogP contribution in [-0.2, 0) is 26.2 Å². The van der Waals surface area contributed by atoms with E-state index in [1.807, 2.05) is 19.1 Å². The summed E-state index contributed by atoms with van der Waals surface area (Å²) >= 11 is 0. The number of carbonyl (C=O) groups excluding carboxylic acids is 2. The number of nitriles is 1. The molecule has 3 N–H and O–H groups in total. The number of aryl methyl sites for hydroxylation is 1. The Hall–Kier alpha value is -3.90. The van der Waals surface area contributed by atoms with Gasteiger partial charge in [-0.15, -0.1) is 0 Å². The molecular formula is C30H33N3O6. The summed E-state index contributed by atoms with van der Waals surface area (Å²) in [6.45, 7) is 3.81. The zero-order valence-electron chi connectivity index (χ0n) is 22.0. The van der Waals surface area contributed by atoms with Gasteiger partial charge < -0.3 is 25.2 Å². The third-order valence-electron chi connectivity index (χ3n) is 8.45. The molecule has 2 fully saturated rings. The van der Waals surface area contributed by atoms with Crippen molar-refractivity contribution in [1.29, 1.82) is 5.26 Å². The minimum absolute atomic E-state index is 0.0252. The van der Waals surface area contributed by atoms with Crippen LogP contribution in [0.2, 0.25) is 0 Å². The van der Waals surface area contributed by atoms with Crippen molar-refractivity contribution in [2.45, 2.75) is 56.9 Å². The van der Waals surface area contributed by atoms with Gasteiger partial charge in [-0.3, -0.25) is 14.4 Å². The molecule has 0 radical (unpaired) electrons. The molecule has 0 bridgehead atoms. The highest BCUT2D eigenvalue weighted by Gasteiger charge is 2.67. The van der Waals surface area contributed by atoms with Crippen LogP contribution >= 0.6 is 0 Å². The van der Waals surface area contributed by atoms with Gasteiger partial charge in [0.2, 0.25) is 5.91 Å². The minimum Gasteiger partial charge on any atom is -0.493 e. The fraction of sp³-hybridized carbons (Fsp3) is 0.467. The molecule has 3 atom stereocenters. The van der Waals surface area contributed by atoms with Gasteiger partial charge >= 0.3 is 5.97 Å². The third kappa shape index (κ3) is 5.34. The maximum atomic E-state index is 13.7. The first kappa shape index (κ1) is 26.7. The van der Waals surface area contributed by atoms with Crippen molar-refractivity contribution in [2.75, 3.05) is 25.1 Å². The van der Waals surface area contributed by atoms with E-state index in [2.05, 4.69) is 16.7 Å². The van der Waals surface area contributed by atoms with Crippen molar-refractivity contribution in [3.05, 3.63) is 58.7 Å². The molecule has 2 heterocycles. The van der Waals surface area contributed by atoms with Crippen LogP contribution in [0.15, 0.2) is 36.4 Å². The zero-order chi connectivity index (χ0) is 27.6. The van der Waals surface area contributed by atoms with E-state index in [1.54, 1.807) is 24.3 Å². The third-order valence-corrected chi connectivity index (χ3v) is 8.45. The van der Waals surface area contributed by atoms with E-state index in [9.17, 15) is 19.6 Å². The summed E-state index contributed by atoms with van der Waals surface area (Å²) < 4.78 is 11.3. The highest BCUT2D eigenvalue weighted by molar-refractivity contribution is 5.98. The summed E-state index contributed by atoms with van der Waals surface area (Å²) in [5.74, 6) is -0.759. The number of ether oxygens (including phenoxy) is 2. The predicted molar refractivity (Wildman–Crippen MR) is 143 cm³/mol. The zero-order valence-corrected chi connectivity index (χ0v) is 22.0. The Morgan fingerprint density at radius 3 is 2.67 bits per heavy atom. The van der Waals surface area contributed by atoms with Crippen molar-refractivity contribution in [3.8, 4) is 11.8 Å². The summed E-state index contributed by atoms with van der Waals surface area (Å²) in [5.41, 5.74) is 2.74. The molecule has 1 saturated heterocycles. The number of hydrogen-bond donors (Lipinski definition) is 3. The monoisotopic (exact) mass is 531 g/mol. The molecule has 1 saturated carbocycles. The number of anilines is 1. The average molecular weight is 532 g/mol. The lowest BCUT2D eigenvalue weighted by Crippen LogP contribution is -2.39. The quantitative estimate of drug-likeness (QED) is 0.471. The smallest absolute Gasteiger partial charge is 0.303 e. The second kappa shape index (κ2) is 11.1. The molecule has 0 aromatic heterocycles. The molecule has 1 spiro atoms. The molecule has 2 aromatic carbocycles. The number of fused-ring (bicyclic) bond motifs is 2. The molecule has 2 amide bonds. The number of carboxylic acid groups (broad SMARTS) is 1. The molecule has 2 aliphatic heterocycles. The number of amides is 2. The largest absolute Gasteiger partial charge is 0.493 e. The summed E-state index contributed by atoms with van der Waals surface area (Å²) in [4.78, 5) is 37.7. The number of hydrogen-bond acceptors (Lipinski definition) is 6. The van der Waals surface area contributed by atoms with E-state index in [1.165, 1.54) is 0 Å². The molecule has 3 aliphatic rings. The second-order valence-electron chi connectivity index (χ2n) is 10.7. The number of aliphatic carboxylic acids is 1. The molecule has 2 unspecified atom stereocenters. The number of carboxylic acids is 1. The Labute approximate surface area is 227 Å².